The van der Waals surface area contributed by atoms with Crippen molar-refractivity contribution in [3.63, 3.8) is 0 Å². The number of likely N-dealkylation sites (N-methyl/N-ethyl adjacent to an activating group) is 1. The van der Waals surface area contributed by atoms with Crippen LogP contribution in [0.15, 0.2) is 48.5 Å². The molecule has 6 nitrogen and oxygen atoms in total. The number of anilines is 1. The van der Waals surface area contributed by atoms with E-state index in [2.05, 4.69) is 33.8 Å². The Morgan fingerprint density at radius 3 is 2.08 bits per heavy atom. The maximum atomic E-state index is 13.1. The monoisotopic (exact) mass is 494 g/mol. The van der Waals surface area contributed by atoms with Gasteiger partial charge in [0.05, 0.1) is 0 Å². The van der Waals surface area contributed by atoms with E-state index in [9.17, 15) is 9.18 Å². The Bertz CT molecular complexity index is 975. The van der Waals surface area contributed by atoms with E-state index in [0.717, 1.165) is 95.9 Å². The minimum absolute atomic E-state index is 0.155. The van der Waals surface area contributed by atoms with Gasteiger partial charge in [-0.2, -0.15) is 0 Å². The maximum Gasteiger partial charge on any atom is 0.253 e. The first-order valence-corrected chi connectivity index (χ1v) is 13.6. The van der Waals surface area contributed by atoms with E-state index < -0.39 is 0 Å². The number of piperidine rings is 2. The van der Waals surface area contributed by atoms with Gasteiger partial charge in [-0.15, -0.1) is 0 Å². The van der Waals surface area contributed by atoms with Gasteiger partial charge in [0.2, 0.25) is 0 Å². The predicted molar refractivity (Wildman–Crippen MR) is 141 cm³/mol. The molecule has 3 fully saturated rings. The van der Waals surface area contributed by atoms with Gasteiger partial charge in [-0.05, 0) is 80.8 Å². The third-order valence-electron chi connectivity index (χ3n) is 8.16. The van der Waals surface area contributed by atoms with E-state index >= 15 is 0 Å². The average molecular weight is 495 g/mol. The number of rotatable bonds is 6. The lowest BCUT2D eigenvalue weighted by Gasteiger charge is -2.42. The summed E-state index contributed by atoms with van der Waals surface area (Å²) in [7, 11) is 0. The zero-order valence-corrected chi connectivity index (χ0v) is 21.4. The molecule has 0 aromatic heterocycles. The van der Waals surface area contributed by atoms with E-state index in [-0.39, 0.29) is 17.8 Å². The molecule has 0 atom stereocenters. The Kier molecular flexibility index (Phi) is 8.07. The first kappa shape index (κ1) is 25.0. The van der Waals surface area contributed by atoms with E-state index in [0.29, 0.717) is 6.04 Å². The van der Waals surface area contributed by atoms with Crippen molar-refractivity contribution in [2.45, 2.75) is 44.8 Å². The number of hydrogen-bond acceptors (Lipinski definition) is 5. The van der Waals surface area contributed by atoms with Crippen LogP contribution in [-0.2, 0) is 0 Å². The summed E-state index contributed by atoms with van der Waals surface area (Å²) in [4.78, 5) is 22.4. The number of likely N-dealkylation sites (tertiary alicyclic amines) is 1. The molecule has 36 heavy (non-hydrogen) atoms. The molecule has 7 heteroatoms. The first-order valence-electron chi connectivity index (χ1n) is 13.6. The third kappa shape index (κ3) is 6.01. The van der Waals surface area contributed by atoms with E-state index in [1.54, 1.807) is 12.1 Å². The maximum absolute atomic E-state index is 13.1. The van der Waals surface area contributed by atoms with Gasteiger partial charge < -0.3 is 19.4 Å². The van der Waals surface area contributed by atoms with Crippen molar-refractivity contribution < 1.29 is 13.9 Å². The van der Waals surface area contributed by atoms with Crippen molar-refractivity contribution in [2.75, 3.05) is 63.8 Å². The lowest BCUT2D eigenvalue weighted by molar-refractivity contribution is 0.0643. The van der Waals surface area contributed by atoms with Crippen LogP contribution in [0.3, 0.4) is 0 Å². The molecule has 0 radical (unpaired) electrons. The van der Waals surface area contributed by atoms with E-state index in [1.165, 1.54) is 17.8 Å². The largest absolute Gasteiger partial charge is 0.490 e. The number of benzene rings is 2. The van der Waals surface area contributed by atoms with Crippen molar-refractivity contribution in [2.24, 2.45) is 0 Å². The molecule has 0 aliphatic carbocycles. The molecular formula is C29H39FN4O2. The smallest absolute Gasteiger partial charge is 0.253 e. The van der Waals surface area contributed by atoms with Crippen molar-refractivity contribution in [1.82, 2.24) is 14.7 Å². The Balaban J connectivity index is 1.06. The fraction of sp³-hybridized carbons (Fsp3) is 0.552. The molecular weight excluding hydrogens is 455 g/mol. The molecule has 2 aromatic rings. The van der Waals surface area contributed by atoms with Crippen LogP contribution in [0.4, 0.5) is 10.1 Å². The molecule has 0 bridgehead atoms. The molecule has 3 aliphatic rings. The van der Waals surface area contributed by atoms with Gasteiger partial charge in [-0.1, -0.05) is 6.92 Å². The van der Waals surface area contributed by atoms with Crippen molar-refractivity contribution in [3.8, 4) is 5.75 Å². The van der Waals surface area contributed by atoms with E-state index in [1.807, 2.05) is 17.0 Å². The number of carbonyl (C=O) groups is 1. The quantitative estimate of drug-likeness (QED) is 0.604. The number of carbonyl (C=O) groups excluding carboxylic acids is 1. The van der Waals surface area contributed by atoms with Gasteiger partial charge in [0, 0.05) is 69.7 Å². The Morgan fingerprint density at radius 1 is 0.833 bits per heavy atom. The first-order chi connectivity index (χ1) is 17.6. The SMILES string of the molecule is CCN1CCN(C(=O)c2ccc(N3CCC(N4CCC(Oc5ccc(F)cc5)CC4)CC3)cc2)CC1. The lowest BCUT2D eigenvalue weighted by Crippen LogP contribution is -2.49. The highest BCUT2D eigenvalue weighted by atomic mass is 19.1. The Hall–Kier alpha value is -2.64. The zero-order valence-electron chi connectivity index (χ0n) is 21.4. The van der Waals surface area contributed by atoms with Crippen LogP contribution in [-0.4, -0.2) is 91.7 Å². The Morgan fingerprint density at radius 2 is 1.47 bits per heavy atom. The summed E-state index contributed by atoms with van der Waals surface area (Å²) in [6.45, 7) is 11.0. The minimum Gasteiger partial charge on any atom is -0.490 e. The second kappa shape index (κ2) is 11.6. The summed E-state index contributed by atoms with van der Waals surface area (Å²) >= 11 is 0. The van der Waals surface area contributed by atoms with Crippen molar-refractivity contribution in [1.29, 1.82) is 0 Å². The summed E-state index contributed by atoms with van der Waals surface area (Å²) in [6, 6.07) is 15.2. The van der Waals surface area contributed by atoms with Gasteiger partial charge >= 0.3 is 0 Å². The van der Waals surface area contributed by atoms with Crippen molar-refractivity contribution >= 4 is 11.6 Å². The average Bonchev–Trinajstić information content (AvgIpc) is 2.94. The molecule has 0 unspecified atom stereocenters. The molecule has 5 rings (SSSR count). The second-order valence-electron chi connectivity index (χ2n) is 10.3. The second-order valence-corrected chi connectivity index (χ2v) is 10.3. The summed E-state index contributed by atoms with van der Waals surface area (Å²) in [6.07, 6.45) is 4.56. The molecule has 2 aromatic carbocycles. The highest BCUT2D eigenvalue weighted by Gasteiger charge is 2.29. The van der Waals surface area contributed by atoms with Gasteiger partial charge in [0.15, 0.2) is 0 Å². The zero-order chi connectivity index (χ0) is 24.9. The fourth-order valence-electron chi connectivity index (χ4n) is 5.82. The van der Waals surface area contributed by atoms with Gasteiger partial charge in [-0.25, -0.2) is 4.39 Å². The Labute approximate surface area is 214 Å². The number of nitrogens with zero attached hydrogens (tertiary/aromatic N) is 4. The van der Waals surface area contributed by atoms with Gasteiger partial charge in [0.25, 0.3) is 5.91 Å². The summed E-state index contributed by atoms with van der Waals surface area (Å²) in [5.74, 6) is 0.687. The van der Waals surface area contributed by atoms with Crippen LogP contribution in [0.2, 0.25) is 0 Å². The molecule has 3 saturated heterocycles. The molecule has 1 amide bonds. The van der Waals surface area contributed by atoms with Gasteiger partial charge in [0.1, 0.15) is 17.7 Å². The van der Waals surface area contributed by atoms with E-state index in [4.69, 9.17) is 4.74 Å². The van der Waals surface area contributed by atoms with Crippen LogP contribution in [0.25, 0.3) is 0 Å². The van der Waals surface area contributed by atoms with Crippen LogP contribution < -0.4 is 9.64 Å². The number of ether oxygens (including phenoxy) is 1. The third-order valence-corrected chi connectivity index (χ3v) is 8.16. The highest BCUT2D eigenvalue weighted by molar-refractivity contribution is 5.94. The minimum atomic E-state index is -0.228. The summed E-state index contributed by atoms with van der Waals surface area (Å²) in [5, 5.41) is 0. The predicted octanol–water partition coefficient (Wildman–Crippen LogP) is 4.12. The number of piperazine rings is 1. The van der Waals surface area contributed by atoms with Crippen LogP contribution >= 0.6 is 0 Å². The molecule has 0 saturated carbocycles. The topological polar surface area (TPSA) is 39.3 Å². The molecule has 0 spiro atoms. The normalized spacial score (nSPS) is 21.1. The number of halogens is 1. The standard InChI is InChI=1S/C29H39FN4O2/c1-2-31-19-21-34(22-20-31)29(35)23-3-7-25(8-4-23)32-15-11-26(12-16-32)33-17-13-28(14-18-33)36-27-9-5-24(30)6-10-27/h3-10,26,28H,2,11-22H2,1H3. The molecule has 3 aliphatic heterocycles. The molecule has 194 valence electrons. The van der Waals surface area contributed by atoms with Crippen molar-refractivity contribution in [3.05, 3.63) is 59.9 Å². The highest BCUT2D eigenvalue weighted by Crippen LogP contribution is 2.27. The van der Waals surface area contributed by atoms with Crippen LogP contribution in [0, 0.1) is 5.82 Å². The van der Waals surface area contributed by atoms with Crippen LogP contribution in [0.1, 0.15) is 43.0 Å². The van der Waals surface area contributed by atoms with Crippen LogP contribution in [0.5, 0.6) is 5.75 Å². The summed E-state index contributed by atoms with van der Waals surface area (Å²) < 4.78 is 19.2. The summed E-state index contributed by atoms with van der Waals surface area (Å²) in [5.41, 5.74) is 2.01. The molecule has 3 heterocycles. The van der Waals surface area contributed by atoms with Gasteiger partial charge in [-0.3, -0.25) is 9.69 Å². The number of hydrogen-bond donors (Lipinski definition) is 0. The lowest BCUT2D eigenvalue weighted by atomic mass is 9.98. The fourth-order valence-corrected chi connectivity index (χ4v) is 5.82. The number of amides is 1. The molecule has 0 N–H and O–H groups in total.